The van der Waals surface area contributed by atoms with Crippen LogP contribution < -0.4 is 4.74 Å². The Hall–Kier alpha value is -2.67. The van der Waals surface area contributed by atoms with Crippen LogP contribution in [0.15, 0.2) is 57.9 Å². The maximum absolute atomic E-state index is 11.5. The second-order valence-electron chi connectivity index (χ2n) is 4.95. The van der Waals surface area contributed by atoms with Gasteiger partial charge in [0, 0.05) is 17.4 Å². The van der Waals surface area contributed by atoms with Gasteiger partial charge in [0.15, 0.2) is 9.84 Å². The van der Waals surface area contributed by atoms with E-state index >= 15 is 0 Å². The van der Waals surface area contributed by atoms with E-state index in [0.29, 0.717) is 23.0 Å². The van der Waals surface area contributed by atoms with Gasteiger partial charge in [-0.3, -0.25) is 0 Å². The highest BCUT2D eigenvalue weighted by Crippen LogP contribution is 2.25. The largest absolute Gasteiger partial charge is 0.497 e. The zero-order chi connectivity index (χ0) is 16.4. The summed E-state index contributed by atoms with van der Waals surface area (Å²) in [6.07, 6.45) is 1.16. The zero-order valence-corrected chi connectivity index (χ0v) is 13.4. The van der Waals surface area contributed by atoms with E-state index in [1.807, 2.05) is 18.2 Å². The monoisotopic (exact) mass is 330 g/mol. The fraction of sp³-hybridized carbons (Fsp3) is 0.125. The third kappa shape index (κ3) is 3.24. The number of sulfone groups is 1. The summed E-state index contributed by atoms with van der Waals surface area (Å²) < 4.78 is 33.4. The molecule has 0 N–H and O–H groups in total. The Balaban J connectivity index is 1.92. The molecule has 1 aromatic heterocycles. The number of hydrogen-bond acceptors (Lipinski definition) is 6. The molecule has 1 heterocycles. The van der Waals surface area contributed by atoms with Crippen LogP contribution in [0.3, 0.4) is 0 Å². The lowest BCUT2D eigenvalue weighted by atomic mass is 10.2. The van der Waals surface area contributed by atoms with E-state index in [-0.39, 0.29) is 4.90 Å². The Labute approximate surface area is 133 Å². The van der Waals surface area contributed by atoms with Gasteiger partial charge in [-0.25, -0.2) is 8.42 Å². The van der Waals surface area contributed by atoms with Crippen molar-refractivity contribution in [3.63, 3.8) is 0 Å². The molecule has 0 aliphatic carbocycles. The lowest BCUT2D eigenvalue weighted by molar-refractivity contribution is 0.413. The molecule has 3 rings (SSSR count). The van der Waals surface area contributed by atoms with Gasteiger partial charge in [0.25, 0.3) is 5.89 Å². The Morgan fingerprint density at radius 2 is 1.78 bits per heavy atom. The van der Waals surface area contributed by atoms with Crippen LogP contribution in [0.25, 0.3) is 22.8 Å². The van der Waals surface area contributed by atoms with Crippen molar-refractivity contribution in [1.29, 1.82) is 0 Å². The first-order valence-corrected chi connectivity index (χ1v) is 8.65. The SMILES string of the molecule is COc1cccc(-c2nc(-c3ccc(S(C)(=O)=O)cc3)no2)c1. The molecule has 0 aliphatic heterocycles. The Bertz CT molecular complexity index is 931. The molecule has 23 heavy (non-hydrogen) atoms. The maximum atomic E-state index is 11.5. The zero-order valence-electron chi connectivity index (χ0n) is 12.6. The summed E-state index contributed by atoms with van der Waals surface area (Å²) in [6.45, 7) is 0. The lowest BCUT2D eigenvalue weighted by Crippen LogP contribution is -1.96. The van der Waals surface area contributed by atoms with Crippen molar-refractivity contribution in [3.8, 4) is 28.6 Å². The molecule has 7 heteroatoms. The molecule has 0 spiro atoms. The highest BCUT2D eigenvalue weighted by molar-refractivity contribution is 7.90. The summed E-state index contributed by atoms with van der Waals surface area (Å²) in [6, 6.07) is 13.6. The van der Waals surface area contributed by atoms with Gasteiger partial charge >= 0.3 is 0 Å². The van der Waals surface area contributed by atoms with Gasteiger partial charge in [0.1, 0.15) is 5.75 Å². The number of aromatic nitrogens is 2. The van der Waals surface area contributed by atoms with Crippen LogP contribution in [0.4, 0.5) is 0 Å². The molecule has 0 aliphatic rings. The number of methoxy groups -OCH3 is 1. The second kappa shape index (κ2) is 5.85. The quantitative estimate of drug-likeness (QED) is 0.731. The molecule has 0 saturated carbocycles. The average Bonchev–Trinajstić information content (AvgIpc) is 3.04. The summed E-state index contributed by atoms with van der Waals surface area (Å²) in [7, 11) is -1.64. The average molecular weight is 330 g/mol. The van der Waals surface area contributed by atoms with Gasteiger partial charge in [0.05, 0.1) is 12.0 Å². The van der Waals surface area contributed by atoms with E-state index < -0.39 is 9.84 Å². The van der Waals surface area contributed by atoms with E-state index in [1.165, 1.54) is 12.1 Å². The molecule has 0 bridgehead atoms. The van der Waals surface area contributed by atoms with Crippen LogP contribution >= 0.6 is 0 Å². The van der Waals surface area contributed by atoms with Crippen molar-refractivity contribution in [3.05, 3.63) is 48.5 Å². The summed E-state index contributed by atoms with van der Waals surface area (Å²) >= 11 is 0. The lowest BCUT2D eigenvalue weighted by Gasteiger charge is -2.00. The number of rotatable bonds is 4. The highest BCUT2D eigenvalue weighted by Gasteiger charge is 2.12. The topological polar surface area (TPSA) is 82.3 Å². The van der Waals surface area contributed by atoms with E-state index in [1.54, 1.807) is 25.3 Å². The first-order chi connectivity index (χ1) is 11.0. The van der Waals surface area contributed by atoms with E-state index in [9.17, 15) is 8.42 Å². The normalized spacial score (nSPS) is 11.4. The standard InChI is InChI=1S/C16H14N2O4S/c1-21-13-5-3-4-12(10-13)16-17-15(18-22-16)11-6-8-14(9-7-11)23(2,19)20/h3-10H,1-2H3. The minimum atomic E-state index is -3.23. The van der Waals surface area contributed by atoms with Gasteiger partial charge in [-0.2, -0.15) is 4.98 Å². The van der Waals surface area contributed by atoms with Crippen molar-refractivity contribution in [1.82, 2.24) is 10.1 Å². The molecule has 6 nitrogen and oxygen atoms in total. The molecule has 3 aromatic rings. The van der Waals surface area contributed by atoms with Gasteiger partial charge in [-0.1, -0.05) is 11.2 Å². The van der Waals surface area contributed by atoms with E-state index in [2.05, 4.69) is 10.1 Å². The van der Waals surface area contributed by atoms with Crippen LogP contribution in [-0.2, 0) is 9.84 Å². The first-order valence-electron chi connectivity index (χ1n) is 6.76. The number of benzene rings is 2. The van der Waals surface area contributed by atoms with Crippen molar-refractivity contribution in [2.75, 3.05) is 13.4 Å². The Morgan fingerprint density at radius 3 is 2.43 bits per heavy atom. The summed E-state index contributed by atoms with van der Waals surface area (Å²) in [5.41, 5.74) is 1.42. The van der Waals surface area contributed by atoms with Gasteiger partial charge < -0.3 is 9.26 Å². The van der Waals surface area contributed by atoms with Crippen molar-refractivity contribution in [2.24, 2.45) is 0 Å². The second-order valence-corrected chi connectivity index (χ2v) is 6.97. The van der Waals surface area contributed by atoms with Gasteiger partial charge in [-0.15, -0.1) is 0 Å². The van der Waals surface area contributed by atoms with Crippen molar-refractivity contribution in [2.45, 2.75) is 4.90 Å². The molecular weight excluding hydrogens is 316 g/mol. The van der Waals surface area contributed by atoms with Gasteiger partial charge in [-0.05, 0) is 42.5 Å². The van der Waals surface area contributed by atoms with Crippen molar-refractivity contribution < 1.29 is 17.7 Å². The minimum absolute atomic E-state index is 0.248. The Morgan fingerprint density at radius 1 is 1.04 bits per heavy atom. The molecule has 0 fully saturated rings. The first kappa shape index (κ1) is 15.2. The van der Waals surface area contributed by atoms with E-state index in [4.69, 9.17) is 9.26 Å². The third-order valence-electron chi connectivity index (χ3n) is 3.28. The van der Waals surface area contributed by atoms with Gasteiger partial charge in [0.2, 0.25) is 5.82 Å². The molecule has 0 radical (unpaired) electrons. The molecule has 0 atom stereocenters. The van der Waals surface area contributed by atoms with Crippen LogP contribution in [0.1, 0.15) is 0 Å². The fourth-order valence-electron chi connectivity index (χ4n) is 2.07. The minimum Gasteiger partial charge on any atom is -0.497 e. The van der Waals surface area contributed by atoms with Crippen LogP contribution in [0, 0.1) is 0 Å². The van der Waals surface area contributed by atoms with Crippen LogP contribution in [-0.4, -0.2) is 31.9 Å². The number of nitrogens with zero attached hydrogens (tertiary/aromatic N) is 2. The number of ether oxygens (including phenoxy) is 1. The molecule has 0 saturated heterocycles. The van der Waals surface area contributed by atoms with Crippen LogP contribution in [0.2, 0.25) is 0 Å². The molecule has 118 valence electrons. The summed E-state index contributed by atoms with van der Waals surface area (Å²) in [5.74, 6) is 1.45. The molecule has 0 amide bonds. The summed E-state index contributed by atoms with van der Waals surface area (Å²) in [4.78, 5) is 4.58. The predicted molar refractivity (Wildman–Crippen MR) is 84.8 cm³/mol. The third-order valence-corrected chi connectivity index (χ3v) is 4.41. The summed E-state index contributed by atoms with van der Waals surface area (Å²) in [5, 5.41) is 3.93. The highest BCUT2D eigenvalue weighted by atomic mass is 32.2. The molecule has 0 unspecified atom stereocenters. The maximum Gasteiger partial charge on any atom is 0.258 e. The molecule has 2 aromatic carbocycles. The molecular formula is C16H14N2O4S. The van der Waals surface area contributed by atoms with Crippen molar-refractivity contribution >= 4 is 9.84 Å². The fourth-order valence-corrected chi connectivity index (χ4v) is 2.70. The number of hydrogen-bond donors (Lipinski definition) is 0. The predicted octanol–water partition coefficient (Wildman–Crippen LogP) is 2.82. The Kier molecular flexibility index (Phi) is 3.87. The van der Waals surface area contributed by atoms with Crippen LogP contribution in [0.5, 0.6) is 5.75 Å². The van der Waals surface area contributed by atoms with E-state index in [0.717, 1.165) is 11.8 Å². The smallest absolute Gasteiger partial charge is 0.258 e.